The molecule has 0 rings (SSSR count). The normalized spacial score (nSPS) is 15.9. The van der Waals surface area contributed by atoms with Crippen LogP contribution in [0.25, 0.3) is 0 Å². The van der Waals surface area contributed by atoms with Gasteiger partial charge >= 0.3 is 0 Å². The molecule has 0 heterocycles. The van der Waals surface area contributed by atoms with E-state index in [9.17, 15) is 0 Å². The zero-order chi connectivity index (χ0) is 12.1. The molecule has 0 aliphatic carbocycles. The van der Waals surface area contributed by atoms with E-state index < -0.39 is 0 Å². The lowest BCUT2D eigenvalue weighted by Gasteiger charge is -2.22. The minimum absolute atomic E-state index is 0.0119. The van der Waals surface area contributed by atoms with Crippen LogP contribution in [0.3, 0.4) is 0 Å². The fraction of sp³-hybridized carbons (Fsp3) is 0.857. The SMILES string of the molecule is CC(C/C=C/C(C)(C)C)COC(C)(C)C. The van der Waals surface area contributed by atoms with Crippen molar-refractivity contribution in [3.63, 3.8) is 0 Å². The topological polar surface area (TPSA) is 9.23 Å². The summed E-state index contributed by atoms with van der Waals surface area (Å²) in [5.74, 6) is 0.600. The molecule has 0 aliphatic rings. The Kier molecular flexibility index (Phi) is 5.58. The highest BCUT2D eigenvalue weighted by Gasteiger charge is 2.12. The summed E-state index contributed by atoms with van der Waals surface area (Å²) < 4.78 is 5.74. The van der Waals surface area contributed by atoms with Gasteiger partial charge in [0.1, 0.15) is 0 Å². The van der Waals surface area contributed by atoms with Crippen molar-refractivity contribution in [2.75, 3.05) is 6.61 Å². The minimum atomic E-state index is -0.0119. The van der Waals surface area contributed by atoms with E-state index in [-0.39, 0.29) is 5.60 Å². The summed E-state index contributed by atoms with van der Waals surface area (Å²) in [4.78, 5) is 0. The smallest absolute Gasteiger partial charge is 0.0598 e. The maximum absolute atomic E-state index is 5.74. The van der Waals surface area contributed by atoms with Gasteiger partial charge in [-0.15, -0.1) is 0 Å². The Morgan fingerprint density at radius 3 is 2.00 bits per heavy atom. The summed E-state index contributed by atoms with van der Waals surface area (Å²) in [5, 5.41) is 0. The third-order valence-electron chi connectivity index (χ3n) is 1.96. The molecular formula is C14H28O. The second-order valence-corrected chi connectivity index (χ2v) is 6.53. The van der Waals surface area contributed by atoms with Crippen molar-refractivity contribution in [1.82, 2.24) is 0 Å². The standard InChI is InChI=1S/C14H28O/c1-12(11-15-14(5,6)7)9-8-10-13(2,3)4/h8,10,12H,9,11H2,1-7H3/b10-8+. The highest BCUT2D eigenvalue weighted by Crippen LogP contribution is 2.17. The van der Waals surface area contributed by atoms with Crippen LogP contribution in [-0.2, 0) is 4.74 Å². The van der Waals surface area contributed by atoms with E-state index in [2.05, 4.69) is 60.6 Å². The molecule has 1 atom stereocenters. The molecule has 1 unspecified atom stereocenters. The Morgan fingerprint density at radius 1 is 1.07 bits per heavy atom. The summed E-state index contributed by atoms with van der Waals surface area (Å²) in [5.41, 5.74) is 0.284. The van der Waals surface area contributed by atoms with Crippen LogP contribution in [-0.4, -0.2) is 12.2 Å². The van der Waals surface area contributed by atoms with Crippen molar-refractivity contribution < 1.29 is 4.74 Å². The van der Waals surface area contributed by atoms with Crippen LogP contribution in [0.5, 0.6) is 0 Å². The summed E-state index contributed by atoms with van der Waals surface area (Å²) in [6.45, 7) is 16.1. The molecule has 0 fully saturated rings. The highest BCUT2D eigenvalue weighted by atomic mass is 16.5. The van der Waals surface area contributed by atoms with Crippen LogP contribution in [0, 0.1) is 11.3 Å². The minimum Gasteiger partial charge on any atom is -0.376 e. The zero-order valence-electron chi connectivity index (χ0n) is 11.6. The average molecular weight is 212 g/mol. The summed E-state index contributed by atoms with van der Waals surface area (Å²) in [6.07, 6.45) is 5.66. The zero-order valence-corrected chi connectivity index (χ0v) is 11.6. The molecule has 0 amide bonds. The first-order chi connectivity index (χ1) is 6.60. The van der Waals surface area contributed by atoms with Gasteiger partial charge in [0.2, 0.25) is 0 Å². The lowest BCUT2D eigenvalue weighted by molar-refractivity contribution is -0.0190. The van der Waals surface area contributed by atoms with Gasteiger partial charge in [-0.1, -0.05) is 39.8 Å². The number of rotatable bonds is 4. The van der Waals surface area contributed by atoms with Crippen LogP contribution in [0.4, 0.5) is 0 Å². The van der Waals surface area contributed by atoms with Crippen molar-refractivity contribution in [1.29, 1.82) is 0 Å². The second-order valence-electron chi connectivity index (χ2n) is 6.53. The molecule has 0 saturated heterocycles. The van der Waals surface area contributed by atoms with Crippen LogP contribution in [0.1, 0.15) is 54.9 Å². The molecular weight excluding hydrogens is 184 g/mol. The average Bonchev–Trinajstić information content (AvgIpc) is 1.97. The van der Waals surface area contributed by atoms with E-state index in [1.165, 1.54) is 0 Å². The van der Waals surface area contributed by atoms with E-state index in [0.717, 1.165) is 13.0 Å². The Balaban J connectivity index is 3.76. The Hall–Kier alpha value is -0.300. The van der Waals surface area contributed by atoms with E-state index in [4.69, 9.17) is 4.74 Å². The molecule has 0 spiro atoms. The van der Waals surface area contributed by atoms with E-state index in [1.54, 1.807) is 0 Å². The third kappa shape index (κ3) is 11.6. The van der Waals surface area contributed by atoms with Gasteiger partial charge in [-0.3, -0.25) is 0 Å². The fourth-order valence-corrected chi connectivity index (χ4v) is 1.11. The molecule has 0 aromatic carbocycles. The molecule has 90 valence electrons. The molecule has 0 radical (unpaired) electrons. The summed E-state index contributed by atoms with van der Waals surface area (Å²) in [6, 6.07) is 0. The van der Waals surface area contributed by atoms with E-state index in [0.29, 0.717) is 11.3 Å². The number of hydrogen-bond donors (Lipinski definition) is 0. The molecule has 1 nitrogen and oxygen atoms in total. The lowest BCUT2D eigenvalue weighted by atomic mass is 9.95. The molecule has 15 heavy (non-hydrogen) atoms. The predicted octanol–water partition coefficient (Wildman–Crippen LogP) is 4.43. The van der Waals surface area contributed by atoms with Crippen molar-refractivity contribution in [3.8, 4) is 0 Å². The van der Waals surface area contributed by atoms with Gasteiger partial charge in [0, 0.05) is 0 Å². The molecule has 0 N–H and O–H groups in total. The van der Waals surface area contributed by atoms with Crippen LogP contribution in [0.2, 0.25) is 0 Å². The first-order valence-corrected chi connectivity index (χ1v) is 5.92. The monoisotopic (exact) mass is 212 g/mol. The van der Waals surface area contributed by atoms with Gasteiger partial charge in [0.05, 0.1) is 12.2 Å². The van der Waals surface area contributed by atoms with Crippen molar-refractivity contribution in [2.45, 2.75) is 60.5 Å². The quantitative estimate of drug-likeness (QED) is 0.626. The largest absolute Gasteiger partial charge is 0.376 e. The summed E-state index contributed by atoms with van der Waals surface area (Å²) >= 11 is 0. The molecule has 0 aromatic rings. The third-order valence-corrected chi connectivity index (χ3v) is 1.96. The predicted molar refractivity (Wildman–Crippen MR) is 68.1 cm³/mol. The molecule has 0 aliphatic heterocycles. The van der Waals surface area contributed by atoms with Gasteiger partial charge < -0.3 is 4.74 Å². The Bertz CT molecular complexity index is 190. The fourth-order valence-electron chi connectivity index (χ4n) is 1.11. The number of hydrogen-bond acceptors (Lipinski definition) is 1. The molecule has 0 aromatic heterocycles. The first kappa shape index (κ1) is 14.7. The summed E-state index contributed by atoms with van der Waals surface area (Å²) in [7, 11) is 0. The number of ether oxygens (including phenoxy) is 1. The highest BCUT2D eigenvalue weighted by molar-refractivity contribution is 4.92. The van der Waals surface area contributed by atoms with Crippen molar-refractivity contribution in [2.24, 2.45) is 11.3 Å². The Labute approximate surface area is 95.9 Å². The maximum atomic E-state index is 5.74. The number of allylic oxidation sites excluding steroid dienone is 2. The van der Waals surface area contributed by atoms with Gasteiger partial charge in [-0.2, -0.15) is 0 Å². The van der Waals surface area contributed by atoms with Gasteiger partial charge in [0.25, 0.3) is 0 Å². The van der Waals surface area contributed by atoms with E-state index in [1.807, 2.05) is 0 Å². The molecule has 0 saturated carbocycles. The van der Waals surface area contributed by atoms with Crippen LogP contribution in [0.15, 0.2) is 12.2 Å². The lowest BCUT2D eigenvalue weighted by Crippen LogP contribution is -2.22. The van der Waals surface area contributed by atoms with Crippen LogP contribution >= 0.6 is 0 Å². The maximum Gasteiger partial charge on any atom is 0.0598 e. The van der Waals surface area contributed by atoms with Gasteiger partial charge in [-0.05, 0) is 38.5 Å². The van der Waals surface area contributed by atoms with Gasteiger partial charge in [-0.25, -0.2) is 0 Å². The van der Waals surface area contributed by atoms with Crippen molar-refractivity contribution >= 4 is 0 Å². The first-order valence-electron chi connectivity index (χ1n) is 5.92. The van der Waals surface area contributed by atoms with Crippen LogP contribution < -0.4 is 0 Å². The molecule has 0 bridgehead atoms. The van der Waals surface area contributed by atoms with Crippen molar-refractivity contribution in [3.05, 3.63) is 12.2 Å². The Morgan fingerprint density at radius 2 is 1.60 bits per heavy atom. The second kappa shape index (κ2) is 5.69. The molecule has 1 heteroatoms. The van der Waals surface area contributed by atoms with Gasteiger partial charge in [0.15, 0.2) is 0 Å². The van der Waals surface area contributed by atoms with E-state index >= 15 is 0 Å².